The van der Waals surface area contributed by atoms with Gasteiger partial charge in [-0.25, -0.2) is 9.50 Å². The minimum atomic E-state index is 0.297. The molecule has 0 aromatic carbocycles. The fraction of sp³-hybridized carbons (Fsp3) is 0.548. The third-order valence-corrected chi connectivity index (χ3v) is 9.07. The molecule has 2 aliphatic rings. The number of carbonyl (C=O) groups excluding carboxylic acids is 1. The SMILES string of the molecule is Cc1c(-c2[nH]c3ccc(C4CCC(CCC(=O)N5CCOCC5)CC4)nc3c2C(C)C)cn2ncnc2c1C. The van der Waals surface area contributed by atoms with Crippen LogP contribution in [0.25, 0.3) is 27.9 Å². The Hall–Kier alpha value is -3.26. The predicted molar refractivity (Wildman–Crippen MR) is 153 cm³/mol. The first-order valence-electron chi connectivity index (χ1n) is 14.6. The van der Waals surface area contributed by atoms with Crippen LogP contribution < -0.4 is 0 Å². The van der Waals surface area contributed by atoms with Crippen LogP contribution in [0.4, 0.5) is 0 Å². The molecule has 0 bridgehead atoms. The molecule has 0 radical (unpaired) electrons. The number of nitrogens with zero attached hydrogens (tertiary/aromatic N) is 5. The zero-order valence-electron chi connectivity index (χ0n) is 23.7. The van der Waals surface area contributed by atoms with Gasteiger partial charge in [-0.05, 0) is 81.0 Å². The number of aryl methyl sites for hydroxylation is 1. The summed E-state index contributed by atoms with van der Waals surface area (Å²) in [4.78, 5) is 28.0. The Kier molecular flexibility index (Phi) is 7.14. The highest BCUT2D eigenvalue weighted by Gasteiger charge is 2.27. The Morgan fingerprint density at radius 2 is 1.87 bits per heavy atom. The van der Waals surface area contributed by atoms with Crippen LogP contribution in [-0.4, -0.2) is 61.7 Å². The normalized spacial score (nSPS) is 20.4. The van der Waals surface area contributed by atoms with Gasteiger partial charge in [-0.2, -0.15) is 5.10 Å². The number of aromatic nitrogens is 5. The van der Waals surface area contributed by atoms with Crippen molar-refractivity contribution in [2.24, 2.45) is 5.92 Å². The fourth-order valence-electron chi connectivity index (χ4n) is 6.60. The number of carbonyl (C=O) groups is 1. The molecule has 1 N–H and O–H groups in total. The van der Waals surface area contributed by atoms with E-state index in [0.717, 1.165) is 65.9 Å². The van der Waals surface area contributed by atoms with E-state index < -0.39 is 0 Å². The number of H-pyrrole nitrogens is 1. The molecule has 39 heavy (non-hydrogen) atoms. The van der Waals surface area contributed by atoms with Gasteiger partial charge >= 0.3 is 0 Å². The molecule has 2 fully saturated rings. The Morgan fingerprint density at radius 1 is 1.10 bits per heavy atom. The van der Waals surface area contributed by atoms with Crippen LogP contribution >= 0.6 is 0 Å². The largest absolute Gasteiger partial charge is 0.378 e. The van der Waals surface area contributed by atoms with Crippen LogP contribution in [0.5, 0.6) is 0 Å². The number of morpholine rings is 1. The van der Waals surface area contributed by atoms with Gasteiger partial charge < -0.3 is 14.6 Å². The molecule has 206 valence electrons. The van der Waals surface area contributed by atoms with Crippen LogP contribution in [0.15, 0.2) is 24.7 Å². The molecule has 1 saturated heterocycles. The van der Waals surface area contributed by atoms with Gasteiger partial charge in [-0.1, -0.05) is 13.8 Å². The zero-order valence-corrected chi connectivity index (χ0v) is 23.7. The molecule has 1 saturated carbocycles. The number of amides is 1. The van der Waals surface area contributed by atoms with Crippen molar-refractivity contribution in [2.75, 3.05) is 26.3 Å². The molecule has 4 aromatic rings. The number of hydrogen-bond acceptors (Lipinski definition) is 5. The van der Waals surface area contributed by atoms with Gasteiger partial charge in [0, 0.05) is 48.4 Å². The number of rotatable bonds is 6. The fourth-order valence-corrected chi connectivity index (χ4v) is 6.60. The van der Waals surface area contributed by atoms with Crippen molar-refractivity contribution in [3.05, 3.63) is 47.0 Å². The van der Waals surface area contributed by atoms with E-state index in [1.807, 2.05) is 9.42 Å². The van der Waals surface area contributed by atoms with Gasteiger partial charge in [0.2, 0.25) is 5.91 Å². The standard InChI is InChI=1S/C31H40N6O2/c1-19(2)28-29(24-17-37-31(32-18-33-37)21(4)20(24)3)35-26-11-10-25(34-30(26)28)23-8-5-22(6-9-23)7-12-27(38)36-13-15-39-16-14-36/h10-11,17-19,22-23,35H,5-9,12-16H2,1-4H3. The Balaban J connectivity index is 1.20. The van der Waals surface area contributed by atoms with Gasteiger partial charge in [0.25, 0.3) is 0 Å². The van der Waals surface area contributed by atoms with E-state index in [9.17, 15) is 4.79 Å². The number of fused-ring (bicyclic) bond motifs is 2. The molecule has 0 unspecified atom stereocenters. The molecule has 8 heteroatoms. The van der Waals surface area contributed by atoms with E-state index in [2.05, 4.69) is 61.1 Å². The predicted octanol–water partition coefficient (Wildman–Crippen LogP) is 5.93. The van der Waals surface area contributed by atoms with Crippen LogP contribution in [-0.2, 0) is 9.53 Å². The number of hydrogen-bond donors (Lipinski definition) is 1. The molecule has 8 nitrogen and oxygen atoms in total. The van der Waals surface area contributed by atoms with Gasteiger partial charge in [0.15, 0.2) is 5.65 Å². The van der Waals surface area contributed by atoms with Gasteiger partial charge in [0.1, 0.15) is 6.33 Å². The number of pyridine rings is 2. The lowest BCUT2D eigenvalue weighted by Gasteiger charge is -2.30. The van der Waals surface area contributed by atoms with Crippen molar-refractivity contribution in [1.29, 1.82) is 0 Å². The summed E-state index contributed by atoms with van der Waals surface area (Å²) in [6.45, 7) is 11.6. The highest BCUT2D eigenvalue weighted by Crippen LogP contribution is 2.40. The van der Waals surface area contributed by atoms with Crippen LogP contribution in [0, 0.1) is 19.8 Å². The average Bonchev–Trinajstić information content (AvgIpc) is 3.59. The van der Waals surface area contributed by atoms with Crippen LogP contribution in [0.3, 0.4) is 0 Å². The summed E-state index contributed by atoms with van der Waals surface area (Å²) in [5.41, 5.74) is 10.2. The maximum absolute atomic E-state index is 12.6. The van der Waals surface area contributed by atoms with Crippen molar-refractivity contribution in [1.82, 2.24) is 29.5 Å². The summed E-state index contributed by atoms with van der Waals surface area (Å²) in [7, 11) is 0. The summed E-state index contributed by atoms with van der Waals surface area (Å²) < 4.78 is 7.26. The summed E-state index contributed by atoms with van der Waals surface area (Å²) >= 11 is 0. The Labute approximate surface area is 230 Å². The summed E-state index contributed by atoms with van der Waals surface area (Å²) in [6.07, 6.45) is 10.0. The topological polar surface area (TPSA) is 88.4 Å². The average molecular weight is 529 g/mol. The van der Waals surface area contributed by atoms with Gasteiger partial charge in [-0.15, -0.1) is 0 Å². The zero-order chi connectivity index (χ0) is 27.1. The van der Waals surface area contributed by atoms with Crippen LogP contribution in [0.1, 0.15) is 86.6 Å². The quantitative estimate of drug-likeness (QED) is 0.335. The molecule has 1 aliphatic heterocycles. The second kappa shape index (κ2) is 10.7. The van der Waals surface area contributed by atoms with E-state index in [0.29, 0.717) is 43.3 Å². The molecule has 0 spiro atoms. The third-order valence-electron chi connectivity index (χ3n) is 9.07. The highest BCUT2D eigenvalue weighted by molar-refractivity contribution is 5.89. The second-order valence-electron chi connectivity index (χ2n) is 11.8. The van der Waals surface area contributed by atoms with Crippen molar-refractivity contribution < 1.29 is 9.53 Å². The van der Waals surface area contributed by atoms with Crippen molar-refractivity contribution in [3.8, 4) is 11.3 Å². The molecule has 5 heterocycles. The van der Waals surface area contributed by atoms with Gasteiger partial charge in [0.05, 0.1) is 29.9 Å². The van der Waals surface area contributed by atoms with Crippen molar-refractivity contribution in [3.63, 3.8) is 0 Å². The van der Waals surface area contributed by atoms with E-state index >= 15 is 0 Å². The van der Waals surface area contributed by atoms with E-state index in [4.69, 9.17) is 9.72 Å². The molecule has 1 amide bonds. The third kappa shape index (κ3) is 4.95. The minimum Gasteiger partial charge on any atom is -0.378 e. The van der Waals surface area contributed by atoms with Crippen LogP contribution in [0.2, 0.25) is 0 Å². The lowest BCUT2D eigenvalue weighted by molar-refractivity contribution is -0.135. The molecule has 6 rings (SSSR count). The van der Waals surface area contributed by atoms with Gasteiger partial charge in [-0.3, -0.25) is 9.78 Å². The number of aromatic amines is 1. The van der Waals surface area contributed by atoms with E-state index in [-0.39, 0.29) is 0 Å². The highest BCUT2D eigenvalue weighted by atomic mass is 16.5. The maximum Gasteiger partial charge on any atom is 0.222 e. The first-order valence-corrected chi connectivity index (χ1v) is 14.6. The summed E-state index contributed by atoms with van der Waals surface area (Å²) in [6, 6.07) is 4.44. The van der Waals surface area contributed by atoms with Crippen molar-refractivity contribution >= 4 is 22.6 Å². The number of ether oxygens (including phenoxy) is 1. The summed E-state index contributed by atoms with van der Waals surface area (Å²) in [5.74, 6) is 1.74. The lowest BCUT2D eigenvalue weighted by atomic mass is 9.78. The first-order chi connectivity index (χ1) is 18.9. The monoisotopic (exact) mass is 528 g/mol. The molecular weight excluding hydrogens is 488 g/mol. The molecule has 4 aromatic heterocycles. The Morgan fingerprint density at radius 3 is 2.62 bits per heavy atom. The maximum atomic E-state index is 12.6. The Bertz CT molecular complexity index is 1490. The lowest BCUT2D eigenvalue weighted by Crippen LogP contribution is -2.40. The molecule has 0 atom stereocenters. The van der Waals surface area contributed by atoms with E-state index in [1.54, 1.807) is 6.33 Å². The molecular formula is C31H40N6O2. The number of nitrogens with one attached hydrogen (secondary N) is 1. The van der Waals surface area contributed by atoms with E-state index in [1.165, 1.54) is 29.7 Å². The first kappa shape index (κ1) is 26.0. The smallest absolute Gasteiger partial charge is 0.222 e. The molecule has 1 aliphatic carbocycles. The minimum absolute atomic E-state index is 0.297. The van der Waals surface area contributed by atoms with Crippen molar-refractivity contribution in [2.45, 2.75) is 78.1 Å². The second-order valence-corrected chi connectivity index (χ2v) is 11.8. The summed E-state index contributed by atoms with van der Waals surface area (Å²) in [5, 5.41) is 4.41.